The Morgan fingerprint density at radius 1 is 1.45 bits per heavy atom. The maximum Gasteiger partial charge on any atom is 0.396 e. The Kier molecular flexibility index (Phi) is 2.82. The SMILES string of the molecule is CCC(=O)P1(=O)OCCCO1. The first-order valence-corrected chi connectivity index (χ1v) is 5.16. The summed E-state index contributed by atoms with van der Waals surface area (Å²) in [6.45, 7) is 2.37. The molecule has 0 radical (unpaired) electrons. The fourth-order valence-corrected chi connectivity index (χ4v) is 2.29. The second-order valence-corrected chi connectivity index (χ2v) is 4.27. The van der Waals surface area contributed by atoms with E-state index in [-0.39, 0.29) is 6.42 Å². The summed E-state index contributed by atoms with van der Waals surface area (Å²) in [6.07, 6.45) is 0.915. The highest BCUT2D eigenvalue weighted by molar-refractivity contribution is 7.71. The van der Waals surface area contributed by atoms with Crippen LogP contribution in [0.15, 0.2) is 0 Å². The van der Waals surface area contributed by atoms with Crippen molar-refractivity contribution in [1.82, 2.24) is 0 Å². The molecule has 11 heavy (non-hydrogen) atoms. The molecule has 1 aliphatic rings. The van der Waals surface area contributed by atoms with Gasteiger partial charge in [0.1, 0.15) is 0 Å². The number of hydrogen-bond acceptors (Lipinski definition) is 4. The third kappa shape index (κ3) is 1.89. The zero-order chi connectivity index (χ0) is 8.32. The molecule has 0 aromatic carbocycles. The van der Waals surface area contributed by atoms with Gasteiger partial charge in [-0.2, -0.15) is 0 Å². The van der Waals surface area contributed by atoms with Gasteiger partial charge in [0.2, 0.25) is 5.52 Å². The maximum absolute atomic E-state index is 11.4. The highest BCUT2D eigenvalue weighted by Gasteiger charge is 2.35. The molecule has 5 heteroatoms. The minimum atomic E-state index is -3.34. The van der Waals surface area contributed by atoms with E-state index in [0.29, 0.717) is 19.6 Å². The van der Waals surface area contributed by atoms with E-state index in [4.69, 9.17) is 9.05 Å². The van der Waals surface area contributed by atoms with Crippen LogP contribution >= 0.6 is 7.60 Å². The van der Waals surface area contributed by atoms with Gasteiger partial charge >= 0.3 is 7.60 Å². The van der Waals surface area contributed by atoms with Crippen molar-refractivity contribution in [1.29, 1.82) is 0 Å². The van der Waals surface area contributed by atoms with Gasteiger partial charge < -0.3 is 9.05 Å². The molecule has 0 spiro atoms. The van der Waals surface area contributed by atoms with E-state index in [1.807, 2.05) is 0 Å². The number of carbonyl (C=O) groups is 1. The number of rotatable bonds is 2. The zero-order valence-corrected chi connectivity index (χ0v) is 7.30. The van der Waals surface area contributed by atoms with Gasteiger partial charge in [-0.15, -0.1) is 0 Å². The minimum absolute atomic E-state index is 0.206. The molecule has 4 nitrogen and oxygen atoms in total. The Morgan fingerprint density at radius 2 is 2.00 bits per heavy atom. The third-order valence-corrected chi connectivity index (χ3v) is 3.39. The monoisotopic (exact) mass is 178 g/mol. The van der Waals surface area contributed by atoms with Crippen LogP contribution in [0.4, 0.5) is 0 Å². The van der Waals surface area contributed by atoms with Gasteiger partial charge in [0.25, 0.3) is 0 Å². The molecule has 0 aromatic rings. The van der Waals surface area contributed by atoms with Crippen molar-refractivity contribution < 1.29 is 18.4 Å². The summed E-state index contributed by atoms with van der Waals surface area (Å²) in [7, 11) is -3.34. The molecular weight excluding hydrogens is 167 g/mol. The largest absolute Gasteiger partial charge is 0.396 e. The summed E-state index contributed by atoms with van der Waals surface area (Å²) in [5, 5.41) is 0. The highest BCUT2D eigenvalue weighted by atomic mass is 31.2. The van der Waals surface area contributed by atoms with Crippen LogP contribution in [0, 0.1) is 0 Å². The average Bonchev–Trinajstić information content (AvgIpc) is 2.04. The van der Waals surface area contributed by atoms with Crippen molar-refractivity contribution in [2.75, 3.05) is 13.2 Å². The molecule has 0 bridgehead atoms. The van der Waals surface area contributed by atoms with Gasteiger partial charge in [0.15, 0.2) is 0 Å². The second-order valence-electron chi connectivity index (χ2n) is 2.26. The van der Waals surface area contributed by atoms with Crippen LogP contribution in [0.2, 0.25) is 0 Å². The average molecular weight is 178 g/mol. The molecule has 1 saturated heterocycles. The molecular formula is C6H11O4P. The van der Waals surface area contributed by atoms with Crippen molar-refractivity contribution in [2.24, 2.45) is 0 Å². The van der Waals surface area contributed by atoms with Crippen molar-refractivity contribution in [3.63, 3.8) is 0 Å². The van der Waals surface area contributed by atoms with Crippen LogP contribution in [-0.2, 0) is 18.4 Å². The predicted octanol–water partition coefficient (Wildman–Crippen LogP) is 1.55. The van der Waals surface area contributed by atoms with E-state index in [9.17, 15) is 9.36 Å². The van der Waals surface area contributed by atoms with Gasteiger partial charge in [0, 0.05) is 6.42 Å². The highest BCUT2D eigenvalue weighted by Crippen LogP contribution is 2.51. The van der Waals surface area contributed by atoms with E-state index in [2.05, 4.69) is 0 Å². The Labute approximate surface area is 65.4 Å². The van der Waals surface area contributed by atoms with Crippen LogP contribution in [0.3, 0.4) is 0 Å². The molecule has 0 amide bonds. The number of hydrogen-bond donors (Lipinski definition) is 0. The molecule has 64 valence electrons. The van der Waals surface area contributed by atoms with Gasteiger partial charge in [-0.05, 0) is 6.42 Å². The molecule has 0 N–H and O–H groups in total. The molecule has 1 fully saturated rings. The van der Waals surface area contributed by atoms with E-state index in [1.54, 1.807) is 6.92 Å². The molecule has 1 rings (SSSR count). The van der Waals surface area contributed by atoms with Crippen LogP contribution in [0.1, 0.15) is 19.8 Å². The van der Waals surface area contributed by atoms with Gasteiger partial charge in [-0.1, -0.05) is 6.92 Å². The van der Waals surface area contributed by atoms with Crippen LogP contribution in [0.5, 0.6) is 0 Å². The fraction of sp³-hybridized carbons (Fsp3) is 0.833. The molecule has 0 saturated carbocycles. The minimum Gasteiger partial charge on any atom is -0.303 e. The first kappa shape index (κ1) is 8.91. The van der Waals surface area contributed by atoms with Crippen molar-refractivity contribution in [2.45, 2.75) is 19.8 Å². The maximum atomic E-state index is 11.4. The molecule has 1 aliphatic heterocycles. The first-order valence-electron chi connectivity index (χ1n) is 3.61. The Bertz CT molecular complexity index is 191. The van der Waals surface area contributed by atoms with E-state index >= 15 is 0 Å². The van der Waals surface area contributed by atoms with E-state index in [1.165, 1.54) is 0 Å². The van der Waals surface area contributed by atoms with Crippen molar-refractivity contribution in [3.05, 3.63) is 0 Å². The summed E-state index contributed by atoms with van der Waals surface area (Å²) >= 11 is 0. The lowest BCUT2D eigenvalue weighted by Crippen LogP contribution is -2.13. The summed E-state index contributed by atoms with van der Waals surface area (Å²) < 4.78 is 21.0. The quantitative estimate of drug-likeness (QED) is 0.602. The molecule has 0 unspecified atom stereocenters. The lowest BCUT2D eigenvalue weighted by atomic mass is 10.5. The van der Waals surface area contributed by atoms with E-state index in [0.717, 1.165) is 0 Å². The fourth-order valence-electron chi connectivity index (χ4n) is 0.803. The number of carbonyl (C=O) groups excluding carboxylic acids is 1. The van der Waals surface area contributed by atoms with E-state index < -0.39 is 13.1 Å². The van der Waals surface area contributed by atoms with Crippen LogP contribution in [0.25, 0.3) is 0 Å². The standard InChI is InChI=1S/C6H11O4P/c1-2-6(7)11(8)9-4-3-5-10-11/h2-5H2,1H3. The molecule has 1 heterocycles. The Morgan fingerprint density at radius 3 is 2.45 bits per heavy atom. The smallest absolute Gasteiger partial charge is 0.303 e. The van der Waals surface area contributed by atoms with Crippen molar-refractivity contribution >= 4 is 13.1 Å². The zero-order valence-electron chi connectivity index (χ0n) is 6.41. The first-order chi connectivity index (χ1) is 5.19. The summed E-state index contributed by atoms with van der Waals surface area (Å²) in [6, 6.07) is 0. The summed E-state index contributed by atoms with van der Waals surface area (Å²) in [5.74, 6) is 0. The molecule has 0 aromatic heterocycles. The van der Waals surface area contributed by atoms with Crippen LogP contribution < -0.4 is 0 Å². The topological polar surface area (TPSA) is 52.6 Å². The summed E-state index contributed by atoms with van der Waals surface area (Å²) in [4.78, 5) is 11.0. The van der Waals surface area contributed by atoms with Crippen LogP contribution in [-0.4, -0.2) is 18.7 Å². The van der Waals surface area contributed by atoms with Gasteiger partial charge in [-0.25, -0.2) is 0 Å². The third-order valence-electron chi connectivity index (χ3n) is 1.42. The van der Waals surface area contributed by atoms with Gasteiger partial charge in [-0.3, -0.25) is 9.36 Å². The lowest BCUT2D eigenvalue weighted by molar-refractivity contribution is -0.114. The Balaban J connectivity index is 2.64. The lowest BCUT2D eigenvalue weighted by Gasteiger charge is -2.20. The second kappa shape index (κ2) is 3.48. The molecule has 0 aliphatic carbocycles. The van der Waals surface area contributed by atoms with Crippen molar-refractivity contribution in [3.8, 4) is 0 Å². The van der Waals surface area contributed by atoms with Gasteiger partial charge in [0.05, 0.1) is 13.2 Å². The predicted molar refractivity (Wildman–Crippen MR) is 39.4 cm³/mol. The normalized spacial score (nSPS) is 23.0. The Hall–Kier alpha value is -0.180. The molecule has 0 atom stereocenters. The summed E-state index contributed by atoms with van der Waals surface area (Å²) in [5.41, 5.74) is -0.419.